The van der Waals surface area contributed by atoms with Crippen LogP contribution in [0.1, 0.15) is 18.9 Å². The summed E-state index contributed by atoms with van der Waals surface area (Å²) in [4.78, 5) is 10.8. The number of carboxylic acid groups (broad SMARTS) is 1. The Morgan fingerprint density at radius 1 is 1.45 bits per heavy atom. The highest BCUT2D eigenvalue weighted by Crippen LogP contribution is 2.28. The zero-order valence-electron chi connectivity index (χ0n) is 11.2. The van der Waals surface area contributed by atoms with Gasteiger partial charge < -0.3 is 9.84 Å². The third kappa shape index (κ3) is 2.94. The molecular formula is C13H17NO5S. The summed E-state index contributed by atoms with van der Waals surface area (Å²) in [5, 5.41) is 8.68. The minimum Gasteiger partial charge on any atom is -0.493 e. The molecule has 0 bridgehead atoms. The number of benzene rings is 1. The van der Waals surface area contributed by atoms with Crippen molar-refractivity contribution >= 4 is 16.0 Å². The van der Waals surface area contributed by atoms with Crippen molar-refractivity contribution in [1.82, 2.24) is 4.31 Å². The number of carbonyl (C=O) groups is 1. The van der Waals surface area contributed by atoms with Crippen molar-refractivity contribution in [2.24, 2.45) is 0 Å². The van der Waals surface area contributed by atoms with E-state index in [2.05, 4.69) is 0 Å². The summed E-state index contributed by atoms with van der Waals surface area (Å²) >= 11 is 0. The van der Waals surface area contributed by atoms with Crippen LogP contribution in [-0.2, 0) is 21.2 Å². The minimum absolute atomic E-state index is 0.0260. The first-order chi connectivity index (χ1) is 9.45. The monoisotopic (exact) mass is 299 g/mol. The lowest BCUT2D eigenvalue weighted by atomic mass is 10.2. The largest absolute Gasteiger partial charge is 0.493 e. The summed E-state index contributed by atoms with van der Waals surface area (Å²) in [5.41, 5.74) is 0.875. The lowest BCUT2D eigenvalue weighted by Gasteiger charge is -2.20. The second-order valence-corrected chi connectivity index (χ2v) is 6.45. The summed E-state index contributed by atoms with van der Waals surface area (Å²) in [6, 6.07) is 4.77. The molecular weight excluding hydrogens is 282 g/mol. The van der Waals surface area contributed by atoms with Crippen molar-refractivity contribution < 1.29 is 23.1 Å². The van der Waals surface area contributed by atoms with E-state index in [4.69, 9.17) is 9.84 Å². The summed E-state index contributed by atoms with van der Waals surface area (Å²) in [6.07, 6.45) is 0.487. The van der Waals surface area contributed by atoms with E-state index in [9.17, 15) is 13.2 Å². The molecule has 1 aliphatic rings. The van der Waals surface area contributed by atoms with Crippen molar-refractivity contribution in [1.29, 1.82) is 0 Å². The first-order valence-corrected chi connectivity index (χ1v) is 7.87. The van der Waals surface area contributed by atoms with E-state index in [0.717, 1.165) is 11.3 Å². The van der Waals surface area contributed by atoms with Gasteiger partial charge in [-0.3, -0.25) is 4.79 Å². The van der Waals surface area contributed by atoms with Crippen LogP contribution in [-0.4, -0.2) is 43.5 Å². The molecule has 0 radical (unpaired) electrons. The topological polar surface area (TPSA) is 83.9 Å². The molecule has 20 heavy (non-hydrogen) atoms. The van der Waals surface area contributed by atoms with Crippen LogP contribution in [0.3, 0.4) is 0 Å². The Balaban J connectivity index is 2.26. The van der Waals surface area contributed by atoms with Gasteiger partial charge in [0, 0.05) is 19.5 Å². The van der Waals surface area contributed by atoms with Crippen LogP contribution in [0.15, 0.2) is 23.1 Å². The van der Waals surface area contributed by atoms with Gasteiger partial charge in [0.05, 0.1) is 17.9 Å². The summed E-state index contributed by atoms with van der Waals surface area (Å²) < 4.78 is 31.5. The fourth-order valence-electron chi connectivity index (χ4n) is 2.14. The maximum absolute atomic E-state index is 12.5. The van der Waals surface area contributed by atoms with Gasteiger partial charge in [-0.1, -0.05) is 6.92 Å². The molecule has 0 amide bonds. The summed E-state index contributed by atoms with van der Waals surface area (Å²) in [5.74, 6) is -0.293. The Kier molecular flexibility index (Phi) is 4.29. The van der Waals surface area contributed by atoms with Gasteiger partial charge in [-0.05, 0) is 23.8 Å². The number of fused-ring (bicyclic) bond motifs is 1. The quantitative estimate of drug-likeness (QED) is 0.850. The molecule has 1 aliphatic heterocycles. The van der Waals surface area contributed by atoms with Gasteiger partial charge in [0.1, 0.15) is 5.75 Å². The number of hydrogen-bond acceptors (Lipinski definition) is 4. The second-order valence-electron chi connectivity index (χ2n) is 4.51. The molecule has 1 aromatic carbocycles. The molecule has 0 aromatic heterocycles. The minimum atomic E-state index is -3.65. The summed E-state index contributed by atoms with van der Waals surface area (Å²) in [7, 11) is -3.65. The van der Waals surface area contributed by atoms with Gasteiger partial charge in [0.15, 0.2) is 0 Å². The third-order valence-corrected chi connectivity index (χ3v) is 5.20. The van der Waals surface area contributed by atoms with Crippen molar-refractivity contribution in [2.75, 3.05) is 19.7 Å². The van der Waals surface area contributed by atoms with Crippen molar-refractivity contribution in [3.63, 3.8) is 0 Å². The number of nitrogens with zero attached hydrogens (tertiary/aromatic N) is 1. The zero-order chi connectivity index (χ0) is 14.8. The summed E-state index contributed by atoms with van der Waals surface area (Å²) in [6.45, 7) is 2.47. The molecule has 1 N–H and O–H groups in total. The first-order valence-electron chi connectivity index (χ1n) is 6.43. The van der Waals surface area contributed by atoms with E-state index in [-0.39, 0.29) is 24.4 Å². The molecule has 0 fully saturated rings. The Morgan fingerprint density at radius 3 is 2.85 bits per heavy atom. The Bertz CT molecular complexity index is 611. The van der Waals surface area contributed by atoms with Crippen molar-refractivity contribution in [3.05, 3.63) is 23.8 Å². The molecule has 1 aromatic rings. The first kappa shape index (κ1) is 14.8. The van der Waals surface area contributed by atoms with E-state index in [1.165, 1.54) is 10.4 Å². The van der Waals surface area contributed by atoms with Crippen LogP contribution in [0.2, 0.25) is 0 Å². The second kappa shape index (κ2) is 5.80. The maximum Gasteiger partial charge on any atom is 0.304 e. The molecule has 0 atom stereocenters. The smallest absolute Gasteiger partial charge is 0.304 e. The van der Waals surface area contributed by atoms with Gasteiger partial charge >= 0.3 is 5.97 Å². The van der Waals surface area contributed by atoms with Crippen LogP contribution in [0.5, 0.6) is 5.75 Å². The van der Waals surface area contributed by atoms with Crippen LogP contribution in [0.4, 0.5) is 0 Å². The molecule has 0 unspecified atom stereocenters. The molecule has 0 saturated carbocycles. The molecule has 2 rings (SSSR count). The third-order valence-electron chi connectivity index (χ3n) is 3.23. The predicted molar refractivity (Wildman–Crippen MR) is 72.3 cm³/mol. The molecule has 0 saturated heterocycles. The van der Waals surface area contributed by atoms with Crippen molar-refractivity contribution in [3.8, 4) is 5.75 Å². The SMILES string of the molecule is CCN(CCC(=O)O)S(=O)(=O)c1ccc2c(c1)CCO2. The predicted octanol–water partition coefficient (Wildman–Crippen LogP) is 1.11. The average Bonchev–Trinajstić information content (AvgIpc) is 2.85. The molecule has 0 aliphatic carbocycles. The van der Waals surface area contributed by atoms with E-state index in [0.29, 0.717) is 13.0 Å². The van der Waals surface area contributed by atoms with Gasteiger partial charge in [-0.2, -0.15) is 4.31 Å². The molecule has 110 valence electrons. The van der Waals surface area contributed by atoms with Crippen LogP contribution in [0.25, 0.3) is 0 Å². The number of rotatable bonds is 6. The van der Waals surface area contributed by atoms with E-state index >= 15 is 0 Å². The van der Waals surface area contributed by atoms with Gasteiger partial charge in [-0.25, -0.2) is 8.42 Å². The Morgan fingerprint density at radius 2 is 2.20 bits per heavy atom. The fourth-order valence-corrected chi connectivity index (χ4v) is 3.64. The molecule has 0 spiro atoms. The normalized spacial score (nSPS) is 14.1. The molecule has 1 heterocycles. The average molecular weight is 299 g/mol. The highest BCUT2D eigenvalue weighted by atomic mass is 32.2. The number of hydrogen-bond donors (Lipinski definition) is 1. The van der Waals surface area contributed by atoms with Crippen LogP contribution in [0, 0.1) is 0 Å². The zero-order valence-corrected chi connectivity index (χ0v) is 12.0. The Hall–Kier alpha value is -1.60. The standard InChI is InChI=1S/C13H17NO5S/c1-2-14(7-5-13(15)16)20(17,18)11-3-4-12-10(9-11)6-8-19-12/h3-4,9H,2,5-8H2,1H3,(H,15,16). The maximum atomic E-state index is 12.5. The number of aliphatic carboxylic acids is 1. The van der Waals surface area contributed by atoms with Crippen LogP contribution >= 0.6 is 0 Å². The Labute approximate surface area is 118 Å². The van der Waals surface area contributed by atoms with E-state index < -0.39 is 16.0 Å². The highest BCUT2D eigenvalue weighted by Gasteiger charge is 2.25. The molecule has 7 heteroatoms. The lowest BCUT2D eigenvalue weighted by molar-refractivity contribution is -0.137. The van der Waals surface area contributed by atoms with Gasteiger partial charge in [0.2, 0.25) is 10.0 Å². The number of sulfonamides is 1. The van der Waals surface area contributed by atoms with Gasteiger partial charge in [0.25, 0.3) is 0 Å². The van der Waals surface area contributed by atoms with Gasteiger partial charge in [-0.15, -0.1) is 0 Å². The van der Waals surface area contributed by atoms with Crippen molar-refractivity contribution in [2.45, 2.75) is 24.7 Å². The van der Waals surface area contributed by atoms with E-state index in [1.807, 2.05) is 0 Å². The van der Waals surface area contributed by atoms with Crippen LogP contribution < -0.4 is 4.74 Å². The van der Waals surface area contributed by atoms with E-state index in [1.54, 1.807) is 19.1 Å². The lowest BCUT2D eigenvalue weighted by Crippen LogP contribution is -2.32. The fraction of sp³-hybridized carbons (Fsp3) is 0.462. The molecule has 6 nitrogen and oxygen atoms in total. The number of ether oxygens (including phenoxy) is 1. The highest BCUT2D eigenvalue weighted by molar-refractivity contribution is 7.89. The number of carboxylic acids is 1.